The van der Waals surface area contributed by atoms with E-state index in [2.05, 4.69) is 51.6 Å². The Labute approximate surface area is 183 Å². The largest absolute Gasteiger partial charge is 0.421 e. The van der Waals surface area contributed by atoms with Crippen LogP contribution >= 0.6 is 0 Å². The van der Waals surface area contributed by atoms with E-state index in [4.69, 9.17) is 4.42 Å². The third-order valence-corrected chi connectivity index (χ3v) is 5.81. The summed E-state index contributed by atoms with van der Waals surface area (Å²) in [4.78, 5) is 14.7. The van der Waals surface area contributed by atoms with Gasteiger partial charge < -0.3 is 14.6 Å². The van der Waals surface area contributed by atoms with Crippen molar-refractivity contribution in [2.45, 2.75) is 39.5 Å². The van der Waals surface area contributed by atoms with Gasteiger partial charge in [0.05, 0.1) is 6.42 Å². The lowest BCUT2D eigenvalue weighted by molar-refractivity contribution is -0.120. The lowest BCUT2D eigenvalue weighted by Crippen LogP contribution is -2.29. The Hall–Kier alpha value is -2.99. The van der Waals surface area contributed by atoms with Crippen molar-refractivity contribution in [1.82, 2.24) is 20.4 Å². The van der Waals surface area contributed by atoms with Crippen LogP contribution < -0.4 is 5.32 Å². The van der Waals surface area contributed by atoms with Gasteiger partial charge in [0, 0.05) is 19.0 Å². The van der Waals surface area contributed by atoms with E-state index in [-0.39, 0.29) is 5.91 Å². The first-order valence-corrected chi connectivity index (χ1v) is 11.1. The summed E-state index contributed by atoms with van der Waals surface area (Å²) in [6.07, 6.45) is 4.04. The highest BCUT2D eigenvalue weighted by Crippen LogP contribution is 2.29. The molecule has 0 unspecified atom stereocenters. The van der Waals surface area contributed by atoms with Crippen molar-refractivity contribution in [2.75, 3.05) is 26.2 Å². The summed E-state index contributed by atoms with van der Waals surface area (Å²) < 4.78 is 5.56. The van der Waals surface area contributed by atoms with Crippen molar-refractivity contribution in [3.8, 4) is 22.6 Å². The normalized spacial score (nSPS) is 14.1. The summed E-state index contributed by atoms with van der Waals surface area (Å²) in [5.74, 6) is 1.16. The molecular formula is C25H30N4O2. The molecule has 6 nitrogen and oxygen atoms in total. The minimum Gasteiger partial charge on any atom is -0.421 e. The van der Waals surface area contributed by atoms with Crippen LogP contribution in [0, 0.1) is 13.8 Å². The van der Waals surface area contributed by atoms with Crippen molar-refractivity contribution >= 4 is 5.91 Å². The molecule has 2 aromatic carbocycles. The zero-order chi connectivity index (χ0) is 21.6. The summed E-state index contributed by atoms with van der Waals surface area (Å²) in [5, 5.41) is 11.1. The highest BCUT2D eigenvalue weighted by Gasteiger charge is 2.12. The van der Waals surface area contributed by atoms with Crippen molar-refractivity contribution in [1.29, 1.82) is 0 Å². The van der Waals surface area contributed by atoms with Crippen LogP contribution in [0.5, 0.6) is 0 Å². The van der Waals surface area contributed by atoms with Crippen LogP contribution in [0.1, 0.15) is 36.3 Å². The first-order chi connectivity index (χ1) is 15.1. The van der Waals surface area contributed by atoms with E-state index in [1.807, 2.05) is 18.2 Å². The fourth-order valence-corrected chi connectivity index (χ4v) is 4.07. The van der Waals surface area contributed by atoms with Gasteiger partial charge in [0.1, 0.15) is 0 Å². The molecule has 4 rings (SSSR count). The van der Waals surface area contributed by atoms with Gasteiger partial charge in [-0.25, -0.2) is 0 Å². The third kappa shape index (κ3) is 5.58. The van der Waals surface area contributed by atoms with Gasteiger partial charge in [-0.05, 0) is 80.2 Å². The molecule has 1 fully saturated rings. The van der Waals surface area contributed by atoms with Gasteiger partial charge in [0.2, 0.25) is 17.7 Å². The van der Waals surface area contributed by atoms with Crippen LogP contribution in [-0.2, 0) is 11.2 Å². The molecule has 1 saturated heterocycles. The van der Waals surface area contributed by atoms with Crippen LogP contribution in [-0.4, -0.2) is 47.2 Å². The van der Waals surface area contributed by atoms with E-state index in [1.54, 1.807) is 6.92 Å². The number of aryl methyl sites for hydroxylation is 2. The van der Waals surface area contributed by atoms with Crippen molar-refractivity contribution in [2.24, 2.45) is 0 Å². The third-order valence-electron chi connectivity index (χ3n) is 5.81. The van der Waals surface area contributed by atoms with Gasteiger partial charge in [0.15, 0.2) is 0 Å². The predicted molar refractivity (Wildman–Crippen MR) is 122 cm³/mol. The van der Waals surface area contributed by atoms with Gasteiger partial charge in [-0.1, -0.05) is 30.3 Å². The van der Waals surface area contributed by atoms with Crippen molar-refractivity contribution in [3.63, 3.8) is 0 Å². The molecular weight excluding hydrogens is 388 g/mol. The second kappa shape index (κ2) is 9.88. The Morgan fingerprint density at radius 2 is 1.77 bits per heavy atom. The molecule has 6 heteroatoms. The second-order valence-electron chi connectivity index (χ2n) is 8.28. The van der Waals surface area contributed by atoms with Gasteiger partial charge in [-0.2, -0.15) is 0 Å². The number of hydrogen-bond donors (Lipinski definition) is 1. The number of amides is 1. The fourth-order valence-electron chi connectivity index (χ4n) is 4.07. The molecule has 1 N–H and O–H groups in total. The van der Waals surface area contributed by atoms with E-state index >= 15 is 0 Å². The van der Waals surface area contributed by atoms with Crippen molar-refractivity contribution in [3.05, 3.63) is 59.5 Å². The molecule has 0 aliphatic carbocycles. The summed E-state index contributed by atoms with van der Waals surface area (Å²) in [6.45, 7) is 8.11. The molecule has 1 aromatic heterocycles. The summed E-state index contributed by atoms with van der Waals surface area (Å²) in [5.41, 5.74) is 5.31. The molecule has 31 heavy (non-hydrogen) atoms. The lowest BCUT2D eigenvalue weighted by Gasteiger charge is -2.14. The zero-order valence-corrected chi connectivity index (χ0v) is 18.4. The number of carbonyl (C=O) groups excluding carboxylic acids is 1. The molecule has 0 atom stereocenters. The first-order valence-electron chi connectivity index (χ1n) is 11.1. The monoisotopic (exact) mass is 418 g/mol. The van der Waals surface area contributed by atoms with Crippen LogP contribution in [0.15, 0.2) is 46.9 Å². The van der Waals surface area contributed by atoms with Crippen LogP contribution in [0.2, 0.25) is 0 Å². The van der Waals surface area contributed by atoms with E-state index < -0.39 is 0 Å². The Kier molecular flexibility index (Phi) is 6.77. The van der Waals surface area contributed by atoms with E-state index in [1.165, 1.54) is 31.5 Å². The van der Waals surface area contributed by atoms with E-state index in [0.29, 0.717) is 18.2 Å². The number of hydrogen-bond acceptors (Lipinski definition) is 5. The molecule has 2 heterocycles. The molecule has 3 aromatic rings. The summed E-state index contributed by atoms with van der Waals surface area (Å²) in [6, 6.07) is 14.3. The number of carbonyl (C=O) groups is 1. The highest BCUT2D eigenvalue weighted by molar-refractivity contribution is 5.79. The molecule has 0 saturated carbocycles. The summed E-state index contributed by atoms with van der Waals surface area (Å²) in [7, 11) is 0. The summed E-state index contributed by atoms with van der Waals surface area (Å²) >= 11 is 0. The van der Waals surface area contributed by atoms with Gasteiger partial charge in [-0.3, -0.25) is 4.79 Å². The lowest BCUT2D eigenvalue weighted by atomic mass is 9.96. The molecule has 0 bridgehead atoms. The number of nitrogens with one attached hydrogen (secondary N) is 1. The number of likely N-dealkylation sites (tertiary alicyclic amines) is 1. The Morgan fingerprint density at radius 1 is 1.03 bits per heavy atom. The predicted octanol–water partition coefficient (Wildman–Crippen LogP) is 4.17. The molecule has 162 valence electrons. The average Bonchev–Trinajstić information content (AvgIpc) is 3.44. The topological polar surface area (TPSA) is 71.3 Å². The standard InChI is InChI=1S/C25H30N4O2/c1-18-6-9-22(25-28-27-19(2)31-25)17-23(18)21-10-7-20(8-11-21)16-24(30)26-12-5-15-29-13-3-4-14-29/h6-11,17H,3-5,12-16H2,1-2H3,(H,26,30). The molecule has 1 aliphatic heterocycles. The second-order valence-corrected chi connectivity index (χ2v) is 8.28. The SMILES string of the molecule is Cc1nnc(-c2ccc(C)c(-c3ccc(CC(=O)NCCCN4CCCC4)cc3)c2)o1. The number of rotatable bonds is 8. The van der Waals surface area contributed by atoms with Gasteiger partial charge >= 0.3 is 0 Å². The molecule has 1 amide bonds. The van der Waals surface area contributed by atoms with E-state index in [0.717, 1.165) is 41.8 Å². The maximum atomic E-state index is 12.3. The van der Waals surface area contributed by atoms with Gasteiger partial charge in [0.25, 0.3) is 0 Å². The first kappa shape index (κ1) is 21.2. The Morgan fingerprint density at radius 3 is 2.48 bits per heavy atom. The minimum atomic E-state index is 0.0825. The quantitative estimate of drug-likeness (QED) is 0.556. The molecule has 1 aliphatic rings. The number of nitrogens with zero attached hydrogens (tertiary/aromatic N) is 3. The number of aromatic nitrogens is 2. The highest BCUT2D eigenvalue weighted by atomic mass is 16.4. The van der Waals surface area contributed by atoms with Crippen molar-refractivity contribution < 1.29 is 9.21 Å². The minimum absolute atomic E-state index is 0.0825. The number of benzene rings is 2. The smallest absolute Gasteiger partial charge is 0.247 e. The zero-order valence-electron chi connectivity index (χ0n) is 18.4. The maximum absolute atomic E-state index is 12.3. The Balaban J connectivity index is 1.34. The van der Waals surface area contributed by atoms with Crippen LogP contribution in [0.4, 0.5) is 0 Å². The van der Waals surface area contributed by atoms with Gasteiger partial charge in [-0.15, -0.1) is 10.2 Å². The molecule has 0 radical (unpaired) electrons. The maximum Gasteiger partial charge on any atom is 0.247 e. The van der Waals surface area contributed by atoms with Crippen LogP contribution in [0.25, 0.3) is 22.6 Å². The van der Waals surface area contributed by atoms with Crippen LogP contribution in [0.3, 0.4) is 0 Å². The average molecular weight is 419 g/mol. The van der Waals surface area contributed by atoms with E-state index in [9.17, 15) is 4.79 Å². The molecule has 0 spiro atoms. The fraction of sp³-hybridized carbons (Fsp3) is 0.400. The Bertz CT molecular complexity index is 1020.